The Morgan fingerprint density at radius 1 is 1.26 bits per heavy atom. The van der Waals surface area contributed by atoms with Crippen LogP contribution in [0.1, 0.15) is 25.3 Å². The summed E-state index contributed by atoms with van der Waals surface area (Å²) >= 11 is 1.79. The van der Waals surface area contributed by atoms with E-state index in [0.717, 1.165) is 16.6 Å². The summed E-state index contributed by atoms with van der Waals surface area (Å²) in [6.45, 7) is 6.63. The third-order valence-electron chi connectivity index (χ3n) is 3.29. The molecule has 1 radical (unpaired) electrons. The standard InChI is InChI=1S/C15H16NOSSi/c1-10(2)11-6-7-12-13(9-11)17-15(16-12)19(3)14-5-4-8-18-14/h4-10H,1-3H3. The number of fused-ring (bicyclic) bond motifs is 1. The molecule has 0 amide bonds. The lowest BCUT2D eigenvalue weighted by Gasteiger charge is -2.02. The van der Waals surface area contributed by atoms with Gasteiger partial charge in [0.25, 0.3) is 0 Å². The monoisotopic (exact) mass is 286 g/mol. The van der Waals surface area contributed by atoms with Gasteiger partial charge in [0.15, 0.2) is 11.1 Å². The number of benzene rings is 1. The largest absolute Gasteiger partial charge is 0.445 e. The zero-order valence-corrected chi connectivity index (χ0v) is 13.1. The van der Waals surface area contributed by atoms with Gasteiger partial charge < -0.3 is 4.42 Å². The number of thiophene rings is 1. The minimum Gasteiger partial charge on any atom is -0.445 e. The molecular weight excluding hydrogens is 270 g/mol. The molecule has 0 atom stereocenters. The number of rotatable bonds is 3. The van der Waals surface area contributed by atoms with Crippen LogP contribution in [0.5, 0.6) is 0 Å². The van der Waals surface area contributed by atoms with Crippen molar-refractivity contribution in [2.45, 2.75) is 26.3 Å². The van der Waals surface area contributed by atoms with E-state index in [-0.39, 0.29) is 0 Å². The van der Waals surface area contributed by atoms with E-state index in [4.69, 9.17) is 4.42 Å². The first-order valence-corrected chi connectivity index (χ1v) is 9.31. The van der Waals surface area contributed by atoms with Crippen LogP contribution in [-0.2, 0) is 0 Å². The van der Waals surface area contributed by atoms with E-state index in [1.54, 1.807) is 11.3 Å². The van der Waals surface area contributed by atoms with Gasteiger partial charge in [-0.2, -0.15) is 11.3 Å². The Labute approximate surface area is 118 Å². The summed E-state index contributed by atoms with van der Waals surface area (Å²) in [7, 11) is -0.855. The van der Waals surface area contributed by atoms with Crippen molar-refractivity contribution in [2.24, 2.45) is 0 Å². The molecule has 3 rings (SSSR count). The molecule has 0 N–H and O–H groups in total. The normalized spacial score (nSPS) is 11.8. The van der Waals surface area contributed by atoms with E-state index in [0.29, 0.717) is 5.92 Å². The third kappa shape index (κ3) is 2.38. The SMILES string of the molecule is CC(C)c1ccc2nc([Si](C)c3cccs3)oc2c1. The van der Waals surface area contributed by atoms with Crippen LogP contribution in [-0.4, -0.2) is 13.8 Å². The Hall–Kier alpha value is -1.39. The van der Waals surface area contributed by atoms with Gasteiger partial charge in [-0.1, -0.05) is 38.6 Å². The van der Waals surface area contributed by atoms with E-state index < -0.39 is 8.80 Å². The molecule has 1 aromatic carbocycles. The zero-order valence-electron chi connectivity index (χ0n) is 11.3. The minimum absolute atomic E-state index is 0.515. The lowest BCUT2D eigenvalue weighted by molar-refractivity contribution is 0.640. The second-order valence-electron chi connectivity index (χ2n) is 5.00. The molecule has 2 heterocycles. The smallest absolute Gasteiger partial charge is 0.204 e. The van der Waals surface area contributed by atoms with Gasteiger partial charge in [0.2, 0.25) is 8.80 Å². The van der Waals surface area contributed by atoms with E-state index in [1.165, 1.54) is 10.1 Å². The van der Waals surface area contributed by atoms with Gasteiger partial charge in [-0.15, -0.1) is 0 Å². The number of oxazole rings is 1. The van der Waals surface area contributed by atoms with E-state index in [1.807, 2.05) is 0 Å². The highest BCUT2D eigenvalue weighted by Crippen LogP contribution is 2.20. The minimum atomic E-state index is -0.855. The van der Waals surface area contributed by atoms with Crippen molar-refractivity contribution < 1.29 is 4.42 Å². The summed E-state index contributed by atoms with van der Waals surface area (Å²) in [4.78, 5) is 4.65. The summed E-state index contributed by atoms with van der Waals surface area (Å²) in [5.41, 5.74) is 4.10. The van der Waals surface area contributed by atoms with Gasteiger partial charge in [-0.3, -0.25) is 0 Å². The first-order chi connectivity index (χ1) is 9.15. The Morgan fingerprint density at radius 3 is 2.79 bits per heavy atom. The molecule has 0 aliphatic rings. The van der Waals surface area contributed by atoms with Crippen LogP contribution >= 0.6 is 11.3 Å². The maximum atomic E-state index is 5.99. The van der Waals surface area contributed by atoms with E-state index in [2.05, 4.69) is 61.1 Å². The topological polar surface area (TPSA) is 26.0 Å². The molecule has 0 spiro atoms. The summed E-state index contributed by atoms with van der Waals surface area (Å²) in [5.74, 6) is 0.515. The van der Waals surface area contributed by atoms with E-state index in [9.17, 15) is 0 Å². The Kier molecular flexibility index (Phi) is 3.29. The van der Waals surface area contributed by atoms with Crippen molar-refractivity contribution in [3.63, 3.8) is 0 Å². The lowest BCUT2D eigenvalue weighted by Crippen LogP contribution is -2.38. The van der Waals surface area contributed by atoms with Crippen LogP contribution < -0.4 is 10.0 Å². The number of hydrogen-bond acceptors (Lipinski definition) is 3. The first kappa shape index (κ1) is 12.6. The Balaban J connectivity index is 2.02. The maximum Gasteiger partial charge on any atom is 0.204 e. The number of nitrogens with zero attached hydrogens (tertiary/aromatic N) is 1. The molecule has 2 aromatic heterocycles. The summed E-state index contributed by atoms with van der Waals surface area (Å²) in [6.07, 6.45) is 0. The highest BCUT2D eigenvalue weighted by Gasteiger charge is 2.19. The van der Waals surface area contributed by atoms with E-state index >= 15 is 0 Å². The van der Waals surface area contributed by atoms with Crippen LogP contribution in [0.2, 0.25) is 6.55 Å². The Bertz CT molecular complexity index is 687. The van der Waals surface area contributed by atoms with Crippen LogP contribution in [0.3, 0.4) is 0 Å². The predicted molar refractivity (Wildman–Crippen MR) is 83.3 cm³/mol. The van der Waals surface area contributed by atoms with Crippen LogP contribution in [0.25, 0.3) is 11.1 Å². The number of hydrogen-bond donors (Lipinski definition) is 0. The van der Waals surface area contributed by atoms with Crippen molar-refractivity contribution in [3.8, 4) is 0 Å². The van der Waals surface area contributed by atoms with Gasteiger partial charge in [-0.25, -0.2) is 4.98 Å². The van der Waals surface area contributed by atoms with Gasteiger partial charge in [-0.05, 0) is 33.5 Å². The molecule has 2 nitrogen and oxygen atoms in total. The molecule has 0 saturated carbocycles. The van der Waals surface area contributed by atoms with Crippen LogP contribution in [0.15, 0.2) is 40.1 Å². The molecular formula is C15H16NOSSi. The molecule has 4 heteroatoms. The van der Waals surface area contributed by atoms with Crippen molar-refractivity contribution in [2.75, 3.05) is 0 Å². The molecule has 0 aliphatic carbocycles. The van der Waals surface area contributed by atoms with Crippen molar-refractivity contribution in [1.29, 1.82) is 0 Å². The first-order valence-electron chi connectivity index (χ1n) is 6.43. The average Bonchev–Trinajstić information content (AvgIpc) is 3.06. The molecule has 3 aromatic rings. The molecule has 0 unspecified atom stereocenters. The summed E-state index contributed by atoms with van der Waals surface area (Å²) < 4.78 is 7.37. The quantitative estimate of drug-likeness (QED) is 0.691. The second-order valence-corrected chi connectivity index (χ2v) is 8.53. The number of aromatic nitrogens is 1. The van der Waals surface area contributed by atoms with Crippen molar-refractivity contribution in [1.82, 2.24) is 4.98 Å². The predicted octanol–water partition coefficient (Wildman–Crippen LogP) is 3.25. The van der Waals surface area contributed by atoms with Gasteiger partial charge in [0.05, 0.1) is 0 Å². The van der Waals surface area contributed by atoms with Crippen LogP contribution in [0.4, 0.5) is 0 Å². The molecule has 0 saturated heterocycles. The molecule has 0 fully saturated rings. The lowest BCUT2D eigenvalue weighted by atomic mass is 10.0. The van der Waals surface area contributed by atoms with Crippen molar-refractivity contribution >= 4 is 41.2 Å². The molecule has 19 heavy (non-hydrogen) atoms. The maximum absolute atomic E-state index is 5.99. The highest BCUT2D eigenvalue weighted by molar-refractivity contribution is 7.23. The second kappa shape index (κ2) is 4.94. The average molecular weight is 286 g/mol. The molecule has 0 aliphatic heterocycles. The van der Waals surface area contributed by atoms with Crippen LogP contribution in [0, 0.1) is 0 Å². The van der Waals surface area contributed by atoms with Gasteiger partial charge >= 0.3 is 0 Å². The summed E-state index contributed by atoms with van der Waals surface area (Å²) in [6, 6.07) is 10.6. The summed E-state index contributed by atoms with van der Waals surface area (Å²) in [5, 5.41) is 2.11. The fourth-order valence-electron chi connectivity index (χ4n) is 2.06. The third-order valence-corrected chi connectivity index (χ3v) is 7.01. The zero-order chi connectivity index (χ0) is 13.4. The van der Waals surface area contributed by atoms with Gasteiger partial charge in [0, 0.05) is 0 Å². The fourth-order valence-corrected chi connectivity index (χ4v) is 4.80. The van der Waals surface area contributed by atoms with Gasteiger partial charge in [0.1, 0.15) is 5.52 Å². The molecule has 97 valence electrons. The Morgan fingerprint density at radius 2 is 2.11 bits per heavy atom. The molecule has 0 bridgehead atoms. The fraction of sp³-hybridized carbons (Fsp3) is 0.267. The highest BCUT2D eigenvalue weighted by atomic mass is 32.1. The van der Waals surface area contributed by atoms with Crippen molar-refractivity contribution in [3.05, 3.63) is 41.3 Å².